The van der Waals surface area contributed by atoms with E-state index in [0.29, 0.717) is 28.3 Å². The Labute approximate surface area is 173 Å². The molecule has 0 aromatic carbocycles. The fraction of sp³-hybridized carbons (Fsp3) is 0.167. The summed E-state index contributed by atoms with van der Waals surface area (Å²) in [6.45, 7) is 1.41. The summed E-state index contributed by atoms with van der Waals surface area (Å²) in [6, 6.07) is 9.21. The van der Waals surface area contributed by atoms with Gasteiger partial charge in [0.1, 0.15) is 9.93 Å². The van der Waals surface area contributed by atoms with Crippen LogP contribution < -0.4 is 4.73 Å². The SMILES string of the molecule is CCOC(=O)C1(C(=O)Sc2ccccn2)OC(=O)C(O)=C1Sc1cccc[n+]1[O-]. The van der Waals surface area contributed by atoms with Gasteiger partial charge in [-0.15, -0.1) is 0 Å². The summed E-state index contributed by atoms with van der Waals surface area (Å²) in [7, 11) is 0. The molecule has 1 atom stereocenters. The maximum atomic E-state index is 13.1. The molecular weight excluding hydrogens is 420 g/mol. The predicted molar refractivity (Wildman–Crippen MR) is 101 cm³/mol. The van der Waals surface area contributed by atoms with Crippen molar-refractivity contribution in [2.24, 2.45) is 0 Å². The lowest BCUT2D eigenvalue weighted by molar-refractivity contribution is -0.645. The summed E-state index contributed by atoms with van der Waals surface area (Å²) in [4.78, 5) is 41.6. The first kappa shape index (κ1) is 20.7. The van der Waals surface area contributed by atoms with E-state index >= 15 is 0 Å². The van der Waals surface area contributed by atoms with Crippen LogP contribution in [0.25, 0.3) is 0 Å². The van der Waals surface area contributed by atoms with Gasteiger partial charge in [-0.25, -0.2) is 14.6 Å². The second-order valence-corrected chi connectivity index (χ2v) is 7.52. The summed E-state index contributed by atoms with van der Waals surface area (Å²) in [5, 5.41) is 21.6. The van der Waals surface area contributed by atoms with Crippen LogP contribution in [0.3, 0.4) is 0 Å². The monoisotopic (exact) mass is 434 g/mol. The number of esters is 2. The molecule has 1 aliphatic heterocycles. The highest BCUT2D eigenvalue weighted by Crippen LogP contribution is 2.46. The second-order valence-electron chi connectivity index (χ2n) is 5.49. The van der Waals surface area contributed by atoms with Crippen molar-refractivity contribution in [1.82, 2.24) is 4.98 Å². The van der Waals surface area contributed by atoms with Gasteiger partial charge in [-0.2, -0.15) is 4.73 Å². The number of carbonyl (C=O) groups excluding carboxylic acids is 3. The minimum atomic E-state index is -2.56. The number of carbonyl (C=O) groups is 3. The average Bonchev–Trinajstić information content (AvgIpc) is 2.96. The lowest BCUT2D eigenvalue weighted by Gasteiger charge is -2.25. The van der Waals surface area contributed by atoms with Crippen LogP contribution in [0.1, 0.15) is 6.92 Å². The van der Waals surface area contributed by atoms with Crippen molar-refractivity contribution in [3.8, 4) is 0 Å². The van der Waals surface area contributed by atoms with E-state index in [1.54, 1.807) is 18.2 Å². The van der Waals surface area contributed by atoms with Crippen LogP contribution in [0.5, 0.6) is 0 Å². The van der Waals surface area contributed by atoms with Gasteiger partial charge in [0.25, 0.3) is 10.1 Å². The molecule has 0 aliphatic carbocycles. The molecule has 0 radical (unpaired) electrons. The Morgan fingerprint density at radius 2 is 2.07 bits per heavy atom. The van der Waals surface area contributed by atoms with Gasteiger partial charge in [0.05, 0.1) is 6.61 Å². The molecule has 0 amide bonds. The minimum absolute atomic E-state index is 0.0108. The number of nitrogens with zero attached hydrogens (tertiary/aromatic N) is 2. The third-order valence-electron chi connectivity index (χ3n) is 3.65. The van der Waals surface area contributed by atoms with Gasteiger partial charge in [-0.3, -0.25) is 4.79 Å². The van der Waals surface area contributed by atoms with Gasteiger partial charge >= 0.3 is 17.5 Å². The van der Waals surface area contributed by atoms with Gasteiger partial charge in [0.15, 0.2) is 6.20 Å². The summed E-state index contributed by atoms with van der Waals surface area (Å²) >= 11 is 1.11. The maximum absolute atomic E-state index is 13.1. The summed E-state index contributed by atoms with van der Waals surface area (Å²) < 4.78 is 10.5. The molecule has 1 N–H and O–H groups in total. The zero-order chi connectivity index (χ0) is 21.0. The Kier molecular flexibility index (Phi) is 6.09. The Hall–Kier alpha value is -3.05. The molecule has 11 heteroatoms. The topological polar surface area (TPSA) is 130 Å². The Balaban J connectivity index is 2.08. The molecule has 3 rings (SSSR count). The molecular formula is C18H14N2O7S2. The molecule has 2 aromatic rings. The molecule has 1 aliphatic rings. The molecule has 0 saturated heterocycles. The highest BCUT2D eigenvalue weighted by molar-refractivity contribution is 8.14. The zero-order valence-corrected chi connectivity index (χ0v) is 16.6. The summed E-state index contributed by atoms with van der Waals surface area (Å²) in [6.07, 6.45) is 2.63. The van der Waals surface area contributed by atoms with E-state index < -0.39 is 33.3 Å². The van der Waals surface area contributed by atoms with Crippen LogP contribution in [0.2, 0.25) is 0 Å². The molecule has 150 valence electrons. The van der Waals surface area contributed by atoms with Crippen molar-refractivity contribution in [1.29, 1.82) is 0 Å². The smallest absolute Gasteiger partial charge is 0.376 e. The summed E-state index contributed by atoms with van der Waals surface area (Å²) in [5.74, 6) is -3.40. The number of aliphatic hydroxyl groups is 1. The normalized spacial score (nSPS) is 18.4. The largest absolute Gasteiger partial charge is 0.618 e. The first-order valence-electron chi connectivity index (χ1n) is 8.23. The summed E-state index contributed by atoms with van der Waals surface area (Å²) in [5.41, 5.74) is -2.56. The molecule has 29 heavy (non-hydrogen) atoms. The minimum Gasteiger partial charge on any atom is -0.618 e. The van der Waals surface area contributed by atoms with E-state index in [1.165, 1.54) is 37.5 Å². The fourth-order valence-corrected chi connectivity index (χ4v) is 4.30. The highest BCUT2D eigenvalue weighted by Gasteiger charge is 2.62. The third-order valence-corrected chi connectivity index (χ3v) is 5.79. The van der Waals surface area contributed by atoms with Crippen LogP contribution in [0.4, 0.5) is 0 Å². The maximum Gasteiger partial charge on any atom is 0.376 e. The first-order valence-corrected chi connectivity index (χ1v) is 9.87. The number of rotatable bonds is 6. The van der Waals surface area contributed by atoms with Gasteiger partial charge in [-0.05, 0) is 48.6 Å². The standard InChI is InChI=1S/C18H14N2O7S2/c1-2-26-16(23)18(17(24)28-11-7-3-5-9-19-11)14(13(21)15(22)27-18)29-12-8-4-6-10-20(12)25/h3-10,21H,2H2,1H3. The van der Waals surface area contributed by atoms with E-state index in [4.69, 9.17) is 9.47 Å². The highest BCUT2D eigenvalue weighted by atomic mass is 32.2. The molecule has 1 unspecified atom stereocenters. The predicted octanol–water partition coefficient (Wildman–Crippen LogP) is 1.75. The van der Waals surface area contributed by atoms with Crippen LogP contribution in [0, 0.1) is 5.21 Å². The van der Waals surface area contributed by atoms with Crippen molar-refractivity contribution in [3.63, 3.8) is 0 Å². The van der Waals surface area contributed by atoms with Crippen molar-refractivity contribution >= 4 is 40.6 Å². The van der Waals surface area contributed by atoms with Gasteiger partial charge < -0.3 is 19.8 Å². The van der Waals surface area contributed by atoms with E-state index in [-0.39, 0.29) is 16.7 Å². The zero-order valence-electron chi connectivity index (χ0n) is 14.9. The first-order chi connectivity index (χ1) is 13.9. The second kappa shape index (κ2) is 8.53. The van der Waals surface area contributed by atoms with E-state index in [1.807, 2.05) is 0 Å². The van der Waals surface area contributed by atoms with Crippen LogP contribution in [-0.2, 0) is 23.9 Å². The number of aliphatic hydroxyl groups excluding tert-OH is 1. The van der Waals surface area contributed by atoms with Crippen LogP contribution in [-0.4, -0.2) is 39.4 Å². The number of pyridine rings is 2. The molecule has 0 spiro atoms. The lowest BCUT2D eigenvalue weighted by Crippen LogP contribution is -2.48. The van der Waals surface area contributed by atoms with Crippen molar-refractivity contribution < 1.29 is 33.7 Å². The third kappa shape index (κ3) is 3.91. The number of thioether (sulfide) groups is 2. The van der Waals surface area contributed by atoms with Crippen LogP contribution >= 0.6 is 23.5 Å². The van der Waals surface area contributed by atoms with Gasteiger partial charge in [-0.1, -0.05) is 6.07 Å². The molecule has 0 saturated carbocycles. The van der Waals surface area contributed by atoms with Crippen molar-refractivity contribution in [2.45, 2.75) is 22.6 Å². The molecule has 0 bridgehead atoms. The Morgan fingerprint density at radius 1 is 1.31 bits per heavy atom. The van der Waals surface area contributed by atoms with Crippen molar-refractivity contribution in [3.05, 3.63) is 64.7 Å². The van der Waals surface area contributed by atoms with Crippen LogP contribution in [0.15, 0.2) is 69.5 Å². The number of hydrogen-bond donors (Lipinski definition) is 1. The Bertz CT molecular complexity index is 997. The molecule has 9 nitrogen and oxygen atoms in total. The fourth-order valence-electron chi connectivity index (χ4n) is 2.37. The van der Waals surface area contributed by atoms with Gasteiger partial charge in [0, 0.05) is 18.3 Å². The molecule has 2 aromatic heterocycles. The quantitative estimate of drug-likeness (QED) is 0.236. The number of hydrogen-bond acceptors (Lipinski definition) is 10. The molecule has 0 fully saturated rings. The van der Waals surface area contributed by atoms with Gasteiger partial charge in [0.2, 0.25) is 5.76 Å². The lowest BCUT2D eigenvalue weighted by atomic mass is 10.1. The van der Waals surface area contributed by atoms with E-state index in [0.717, 1.165) is 0 Å². The molecule has 3 heterocycles. The van der Waals surface area contributed by atoms with Crippen molar-refractivity contribution in [2.75, 3.05) is 6.61 Å². The number of cyclic esters (lactones) is 1. The van der Waals surface area contributed by atoms with E-state index in [2.05, 4.69) is 4.98 Å². The van der Waals surface area contributed by atoms with E-state index in [9.17, 15) is 24.7 Å². The number of ether oxygens (including phenoxy) is 2. The Morgan fingerprint density at radius 3 is 2.72 bits per heavy atom. The average molecular weight is 434 g/mol. The number of aromatic nitrogens is 2.